The lowest BCUT2D eigenvalue weighted by Gasteiger charge is -2.38. The molecule has 1 saturated carbocycles. The van der Waals surface area contributed by atoms with Crippen LogP contribution in [-0.4, -0.2) is 38.2 Å². The molecule has 2 heterocycles. The van der Waals surface area contributed by atoms with Crippen molar-refractivity contribution in [1.82, 2.24) is 15.3 Å². The van der Waals surface area contributed by atoms with Crippen LogP contribution in [-0.2, 0) is 6.42 Å². The summed E-state index contributed by atoms with van der Waals surface area (Å²) in [5, 5.41) is 21.8. The van der Waals surface area contributed by atoms with E-state index in [0.717, 1.165) is 5.56 Å². The molecule has 1 fully saturated rings. The first kappa shape index (κ1) is 15.4. The smallest absolute Gasteiger partial charge is 0.270 e. The number of aliphatic hydroxyl groups is 1. The standard InChI is InChI=1S/C17H19N3O3/c21-13-1-2-15(19-10-13)17(23)20-16(12-8-14(22)9-12)7-11-3-5-18-6-4-11/h1-6,10,12,14,16,21-22H,7-9H2,(H,20,23)/t12?,14?,16-/m1/s1. The third kappa shape index (κ3) is 3.84. The van der Waals surface area contributed by atoms with Crippen LogP contribution in [0.2, 0.25) is 0 Å². The molecule has 120 valence electrons. The van der Waals surface area contributed by atoms with Crippen LogP contribution in [0, 0.1) is 5.92 Å². The Bertz CT molecular complexity index is 655. The van der Waals surface area contributed by atoms with Crippen molar-refractivity contribution in [3.8, 4) is 5.75 Å². The number of carbonyl (C=O) groups is 1. The van der Waals surface area contributed by atoms with Crippen LogP contribution >= 0.6 is 0 Å². The number of aliphatic hydroxyl groups excluding tert-OH is 1. The number of carbonyl (C=O) groups excluding carboxylic acids is 1. The molecule has 3 rings (SSSR count). The Hall–Kier alpha value is -2.47. The molecule has 0 radical (unpaired) electrons. The van der Waals surface area contributed by atoms with Crippen LogP contribution in [0.25, 0.3) is 0 Å². The Morgan fingerprint density at radius 3 is 2.61 bits per heavy atom. The van der Waals surface area contributed by atoms with Gasteiger partial charge in [0.15, 0.2) is 0 Å². The minimum absolute atomic E-state index is 0.0250. The van der Waals surface area contributed by atoms with Gasteiger partial charge in [0.25, 0.3) is 5.91 Å². The van der Waals surface area contributed by atoms with Crippen LogP contribution < -0.4 is 5.32 Å². The van der Waals surface area contributed by atoms with E-state index in [0.29, 0.717) is 19.3 Å². The second-order valence-electron chi connectivity index (χ2n) is 5.93. The molecule has 0 aromatic carbocycles. The van der Waals surface area contributed by atoms with Gasteiger partial charge in [0, 0.05) is 18.4 Å². The van der Waals surface area contributed by atoms with Gasteiger partial charge < -0.3 is 15.5 Å². The molecular weight excluding hydrogens is 294 g/mol. The van der Waals surface area contributed by atoms with E-state index in [1.165, 1.54) is 18.3 Å². The number of aromatic nitrogens is 2. The van der Waals surface area contributed by atoms with E-state index in [4.69, 9.17) is 0 Å². The second-order valence-corrected chi connectivity index (χ2v) is 5.93. The number of aromatic hydroxyl groups is 1. The Balaban J connectivity index is 1.70. The average Bonchev–Trinajstić information content (AvgIpc) is 2.53. The van der Waals surface area contributed by atoms with Crippen molar-refractivity contribution in [2.75, 3.05) is 0 Å². The third-order valence-electron chi connectivity index (χ3n) is 4.22. The number of rotatable bonds is 5. The number of pyridine rings is 2. The molecule has 2 aromatic heterocycles. The summed E-state index contributed by atoms with van der Waals surface area (Å²) in [5.41, 5.74) is 1.35. The minimum atomic E-state index is -0.274. The van der Waals surface area contributed by atoms with Crippen molar-refractivity contribution in [2.24, 2.45) is 5.92 Å². The van der Waals surface area contributed by atoms with Gasteiger partial charge in [0.1, 0.15) is 11.4 Å². The summed E-state index contributed by atoms with van der Waals surface area (Å²) in [6, 6.07) is 6.71. The van der Waals surface area contributed by atoms with Gasteiger partial charge in [-0.2, -0.15) is 0 Å². The molecule has 6 heteroatoms. The monoisotopic (exact) mass is 313 g/mol. The van der Waals surface area contributed by atoms with Crippen molar-refractivity contribution < 1.29 is 15.0 Å². The second kappa shape index (κ2) is 6.75. The highest BCUT2D eigenvalue weighted by atomic mass is 16.3. The van der Waals surface area contributed by atoms with Gasteiger partial charge in [-0.3, -0.25) is 9.78 Å². The lowest BCUT2D eigenvalue weighted by Crippen LogP contribution is -2.48. The maximum absolute atomic E-state index is 12.4. The lowest BCUT2D eigenvalue weighted by atomic mass is 9.75. The maximum atomic E-state index is 12.4. The summed E-state index contributed by atoms with van der Waals surface area (Å²) in [5.74, 6) is 0.00155. The fourth-order valence-electron chi connectivity index (χ4n) is 2.83. The first-order chi connectivity index (χ1) is 11.1. The average molecular weight is 313 g/mol. The molecule has 0 bridgehead atoms. The normalized spacial score (nSPS) is 21.3. The van der Waals surface area contributed by atoms with Crippen LogP contribution in [0.3, 0.4) is 0 Å². The Kier molecular flexibility index (Phi) is 4.52. The predicted molar refractivity (Wildman–Crippen MR) is 83.8 cm³/mol. The van der Waals surface area contributed by atoms with Gasteiger partial charge in [-0.1, -0.05) is 0 Å². The number of hydrogen-bond donors (Lipinski definition) is 3. The van der Waals surface area contributed by atoms with Crippen molar-refractivity contribution in [2.45, 2.75) is 31.4 Å². The number of hydrogen-bond acceptors (Lipinski definition) is 5. The molecule has 1 aliphatic rings. The van der Waals surface area contributed by atoms with Gasteiger partial charge in [-0.05, 0) is 55.0 Å². The zero-order valence-electron chi connectivity index (χ0n) is 12.6. The fraction of sp³-hybridized carbons (Fsp3) is 0.353. The zero-order valence-corrected chi connectivity index (χ0v) is 12.6. The summed E-state index contributed by atoms with van der Waals surface area (Å²) in [4.78, 5) is 20.3. The van der Waals surface area contributed by atoms with Gasteiger partial charge in [-0.15, -0.1) is 0 Å². The van der Waals surface area contributed by atoms with E-state index in [1.54, 1.807) is 12.4 Å². The third-order valence-corrected chi connectivity index (χ3v) is 4.22. The van der Waals surface area contributed by atoms with E-state index in [-0.39, 0.29) is 35.4 Å². The fourth-order valence-corrected chi connectivity index (χ4v) is 2.83. The summed E-state index contributed by atoms with van der Waals surface area (Å²) in [6.07, 6.45) is 6.50. The Morgan fingerprint density at radius 1 is 1.26 bits per heavy atom. The van der Waals surface area contributed by atoms with Crippen molar-refractivity contribution >= 4 is 5.91 Å². The first-order valence-corrected chi connectivity index (χ1v) is 7.64. The van der Waals surface area contributed by atoms with E-state index in [9.17, 15) is 15.0 Å². The van der Waals surface area contributed by atoms with E-state index >= 15 is 0 Å². The molecule has 3 N–H and O–H groups in total. The highest BCUT2D eigenvalue weighted by molar-refractivity contribution is 5.92. The largest absolute Gasteiger partial charge is 0.506 e. The summed E-state index contributed by atoms with van der Waals surface area (Å²) in [6.45, 7) is 0. The molecule has 0 unspecified atom stereocenters. The molecule has 1 aliphatic carbocycles. The van der Waals surface area contributed by atoms with Gasteiger partial charge in [-0.25, -0.2) is 4.98 Å². The summed E-state index contributed by atoms with van der Waals surface area (Å²) >= 11 is 0. The van der Waals surface area contributed by atoms with Crippen molar-refractivity contribution in [3.05, 3.63) is 54.1 Å². The van der Waals surface area contributed by atoms with E-state index < -0.39 is 0 Å². The predicted octanol–water partition coefficient (Wildman–Crippen LogP) is 1.29. The molecular formula is C17H19N3O3. The SMILES string of the molecule is O=C(N[C@H](Cc1ccncc1)C1CC(O)C1)c1ccc(O)cn1. The lowest BCUT2D eigenvalue weighted by molar-refractivity contribution is 0.0238. The highest BCUT2D eigenvalue weighted by Crippen LogP contribution is 2.31. The number of nitrogens with zero attached hydrogens (tertiary/aromatic N) is 2. The topological polar surface area (TPSA) is 95.3 Å². The molecule has 6 nitrogen and oxygen atoms in total. The van der Waals surface area contributed by atoms with E-state index in [2.05, 4.69) is 15.3 Å². The molecule has 0 aliphatic heterocycles. The quantitative estimate of drug-likeness (QED) is 0.773. The van der Waals surface area contributed by atoms with Crippen molar-refractivity contribution in [3.63, 3.8) is 0 Å². The number of amides is 1. The highest BCUT2D eigenvalue weighted by Gasteiger charge is 2.35. The van der Waals surface area contributed by atoms with Crippen molar-refractivity contribution in [1.29, 1.82) is 0 Å². The number of nitrogens with one attached hydrogen (secondary N) is 1. The van der Waals surface area contributed by atoms with E-state index in [1.807, 2.05) is 12.1 Å². The molecule has 0 saturated heterocycles. The zero-order chi connectivity index (χ0) is 16.2. The van der Waals surface area contributed by atoms with Gasteiger partial charge in [0.05, 0.1) is 12.3 Å². The molecule has 1 atom stereocenters. The summed E-state index contributed by atoms with van der Waals surface area (Å²) in [7, 11) is 0. The van der Waals surface area contributed by atoms with Crippen LogP contribution in [0.15, 0.2) is 42.9 Å². The maximum Gasteiger partial charge on any atom is 0.270 e. The van der Waals surface area contributed by atoms with Crippen LogP contribution in [0.5, 0.6) is 5.75 Å². The van der Waals surface area contributed by atoms with Crippen LogP contribution in [0.1, 0.15) is 28.9 Å². The molecule has 1 amide bonds. The van der Waals surface area contributed by atoms with Gasteiger partial charge >= 0.3 is 0 Å². The first-order valence-electron chi connectivity index (χ1n) is 7.64. The van der Waals surface area contributed by atoms with Gasteiger partial charge in [0.2, 0.25) is 0 Å². The van der Waals surface area contributed by atoms with Crippen LogP contribution in [0.4, 0.5) is 0 Å². The molecule has 2 aromatic rings. The molecule has 0 spiro atoms. The molecule has 23 heavy (non-hydrogen) atoms. The Labute approximate surface area is 134 Å². The minimum Gasteiger partial charge on any atom is -0.506 e. The summed E-state index contributed by atoms with van der Waals surface area (Å²) < 4.78 is 0. The Morgan fingerprint density at radius 2 is 2.00 bits per heavy atom.